The summed E-state index contributed by atoms with van der Waals surface area (Å²) in [5, 5.41) is 9.13. The van der Waals surface area contributed by atoms with Gasteiger partial charge in [0.25, 0.3) is 0 Å². The molecule has 0 spiro atoms. The molecule has 2 atom stereocenters. The minimum absolute atomic E-state index is 0.104. The van der Waals surface area contributed by atoms with E-state index in [1.165, 1.54) is 0 Å². The highest BCUT2D eigenvalue weighted by atomic mass is 16.3. The molecule has 0 heterocycles. The topological polar surface area (TPSA) is 37.3 Å². The van der Waals surface area contributed by atoms with Gasteiger partial charge in [0.2, 0.25) is 0 Å². The highest BCUT2D eigenvalue weighted by molar-refractivity contribution is 5.80. The van der Waals surface area contributed by atoms with Crippen LogP contribution in [0.1, 0.15) is 12.8 Å². The molecule has 0 radical (unpaired) electrons. The van der Waals surface area contributed by atoms with Gasteiger partial charge in [-0.3, -0.25) is 4.79 Å². The molecule has 2 nitrogen and oxygen atoms in total. The van der Waals surface area contributed by atoms with E-state index in [0.29, 0.717) is 6.42 Å². The lowest BCUT2D eigenvalue weighted by molar-refractivity contribution is -0.120. The van der Waals surface area contributed by atoms with E-state index in [-0.39, 0.29) is 18.1 Å². The Hall–Kier alpha value is -0.890. The van der Waals surface area contributed by atoms with Gasteiger partial charge in [-0.1, -0.05) is 18.2 Å². The molecular formula is C9H12O2. The van der Waals surface area contributed by atoms with E-state index in [1.807, 2.05) is 6.08 Å². The third-order valence-corrected chi connectivity index (χ3v) is 1.78. The van der Waals surface area contributed by atoms with E-state index in [2.05, 4.69) is 6.58 Å². The van der Waals surface area contributed by atoms with Gasteiger partial charge < -0.3 is 5.11 Å². The van der Waals surface area contributed by atoms with E-state index in [0.717, 1.165) is 0 Å². The molecule has 0 amide bonds. The number of hydrogen-bond donors (Lipinski definition) is 1. The molecule has 0 aromatic heterocycles. The average molecular weight is 152 g/mol. The smallest absolute Gasteiger partial charge is 0.136 e. The molecule has 1 rings (SSSR count). The zero-order valence-corrected chi connectivity index (χ0v) is 6.36. The second kappa shape index (κ2) is 3.49. The van der Waals surface area contributed by atoms with Crippen molar-refractivity contribution in [2.45, 2.75) is 18.9 Å². The standard InChI is InChI=1S/C9H12O2/c1-2-7-3-4-8(10)6-9(11)5-7/h2-4,7-8,10H,1,5-6H2. The van der Waals surface area contributed by atoms with E-state index < -0.39 is 6.10 Å². The first kappa shape index (κ1) is 8.21. The largest absolute Gasteiger partial charge is 0.389 e. The second-order valence-electron chi connectivity index (χ2n) is 2.80. The molecule has 0 aliphatic heterocycles. The number of hydrogen-bond acceptors (Lipinski definition) is 2. The van der Waals surface area contributed by atoms with E-state index in [4.69, 9.17) is 5.11 Å². The van der Waals surface area contributed by atoms with Crippen LogP contribution in [0.3, 0.4) is 0 Å². The van der Waals surface area contributed by atoms with Crippen molar-refractivity contribution in [2.24, 2.45) is 5.92 Å². The highest BCUT2D eigenvalue weighted by Crippen LogP contribution is 2.14. The van der Waals surface area contributed by atoms with Gasteiger partial charge in [0.05, 0.1) is 6.10 Å². The minimum atomic E-state index is -0.590. The van der Waals surface area contributed by atoms with Crippen molar-refractivity contribution in [3.05, 3.63) is 24.8 Å². The number of rotatable bonds is 1. The number of carbonyl (C=O) groups is 1. The Morgan fingerprint density at radius 3 is 2.91 bits per heavy atom. The maximum absolute atomic E-state index is 11.0. The predicted molar refractivity (Wildman–Crippen MR) is 43.1 cm³/mol. The molecule has 1 aliphatic rings. The van der Waals surface area contributed by atoms with Crippen LogP contribution in [0.2, 0.25) is 0 Å². The Morgan fingerprint density at radius 1 is 1.55 bits per heavy atom. The first-order valence-electron chi connectivity index (χ1n) is 3.73. The van der Waals surface area contributed by atoms with Crippen LogP contribution in [0.4, 0.5) is 0 Å². The summed E-state index contributed by atoms with van der Waals surface area (Å²) in [6.07, 6.45) is 5.37. The van der Waals surface area contributed by atoms with Crippen molar-refractivity contribution in [1.29, 1.82) is 0 Å². The zero-order valence-electron chi connectivity index (χ0n) is 6.36. The van der Waals surface area contributed by atoms with E-state index in [1.54, 1.807) is 12.2 Å². The summed E-state index contributed by atoms with van der Waals surface area (Å²) in [5.41, 5.74) is 0. The SMILES string of the molecule is C=CC1C=CC(O)CC(=O)C1. The van der Waals surface area contributed by atoms with Crippen LogP contribution in [-0.2, 0) is 4.79 Å². The fourth-order valence-electron chi connectivity index (χ4n) is 1.15. The maximum Gasteiger partial charge on any atom is 0.136 e. The molecule has 0 saturated heterocycles. The quantitative estimate of drug-likeness (QED) is 0.570. The summed E-state index contributed by atoms with van der Waals surface area (Å²) in [7, 11) is 0. The first-order chi connectivity index (χ1) is 5.22. The lowest BCUT2D eigenvalue weighted by Gasteiger charge is -2.01. The van der Waals surface area contributed by atoms with Gasteiger partial charge in [0.15, 0.2) is 0 Å². The van der Waals surface area contributed by atoms with Crippen LogP contribution < -0.4 is 0 Å². The van der Waals surface area contributed by atoms with Gasteiger partial charge in [-0.2, -0.15) is 0 Å². The summed E-state index contributed by atoms with van der Waals surface area (Å²) in [4.78, 5) is 11.0. The van der Waals surface area contributed by atoms with Gasteiger partial charge in [-0.05, 0) is 0 Å². The van der Waals surface area contributed by atoms with Crippen LogP contribution in [0, 0.1) is 5.92 Å². The normalized spacial score (nSPS) is 31.5. The Balaban J connectivity index is 2.66. The second-order valence-corrected chi connectivity index (χ2v) is 2.80. The van der Waals surface area contributed by atoms with Crippen LogP contribution >= 0.6 is 0 Å². The lowest BCUT2D eigenvalue weighted by atomic mass is 10.0. The Morgan fingerprint density at radius 2 is 2.27 bits per heavy atom. The summed E-state index contributed by atoms with van der Waals surface area (Å²) in [6.45, 7) is 3.60. The fraction of sp³-hybridized carbons (Fsp3) is 0.444. The van der Waals surface area contributed by atoms with Crippen molar-refractivity contribution < 1.29 is 9.90 Å². The minimum Gasteiger partial charge on any atom is -0.389 e. The van der Waals surface area contributed by atoms with Crippen LogP contribution in [0.15, 0.2) is 24.8 Å². The number of allylic oxidation sites excluding steroid dienone is 2. The third kappa shape index (κ3) is 2.31. The molecule has 2 heteroatoms. The Labute approximate surface area is 66.2 Å². The highest BCUT2D eigenvalue weighted by Gasteiger charge is 2.15. The Kier molecular flexibility index (Phi) is 2.60. The van der Waals surface area contributed by atoms with E-state index in [9.17, 15) is 4.79 Å². The molecule has 0 fully saturated rings. The molecule has 60 valence electrons. The fourth-order valence-corrected chi connectivity index (χ4v) is 1.15. The summed E-state index contributed by atoms with van der Waals surface area (Å²) in [5.74, 6) is 0.215. The predicted octanol–water partition coefficient (Wildman–Crippen LogP) is 1.07. The van der Waals surface area contributed by atoms with Crippen LogP contribution in [0.5, 0.6) is 0 Å². The number of Topliss-reactive ketones (excluding diaryl/α,β-unsaturated/α-hetero) is 1. The lowest BCUT2D eigenvalue weighted by Crippen LogP contribution is -2.08. The van der Waals surface area contributed by atoms with Crippen LogP contribution in [-0.4, -0.2) is 17.0 Å². The molecule has 1 aliphatic carbocycles. The van der Waals surface area contributed by atoms with Crippen molar-refractivity contribution in [3.63, 3.8) is 0 Å². The van der Waals surface area contributed by atoms with Gasteiger partial charge >= 0.3 is 0 Å². The molecular weight excluding hydrogens is 140 g/mol. The van der Waals surface area contributed by atoms with Crippen molar-refractivity contribution >= 4 is 5.78 Å². The van der Waals surface area contributed by atoms with Gasteiger partial charge in [0.1, 0.15) is 5.78 Å². The molecule has 0 aromatic rings. The molecule has 0 bridgehead atoms. The Bertz CT molecular complexity index is 194. The van der Waals surface area contributed by atoms with Gasteiger partial charge in [0, 0.05) is 18.8 Å². The molecule has 2 unspecified atom stereocenters. The number of aliphatic hydroxyl groups is 1. The molecule has 0 saturated carbocycles. The van der Waals surface area contributed by atoms with Gasteiger partial charge in [-0.15, -0.1) is 6.58 Å². The summed E-state index contributed by atoms with van der Waals surface area (Å²) in [6, 6.07) is 0. The number of aliphatic hydroxyl groups excluding tert-OH is 1. The summed E-state index contributed by atoms with van der Waals surface area (Å²) >= 11 is 0. The monoisotopic (exact) mass is 152 g/mol. The molecule has 11 heavy (non-hydrogen) atoms. The van der Waals surface area contributed by atoms with Crippen molar-refractivity contribution in [2.75, 3.05) is 0 Å². The average Bonchev–Trinajstić information content (AvgIpc) is 2.11. The maximum atomic E-state index is 11.0. The summed E-state index contributed by atoms with van der Waals surface area (Å²) < 4.78 is 0. The molecule has 1 N–H and O–H groups in total. The zero-order chi connectivity index (χ0) is 8.27. The molecule has 0 aromatic carbocycles. The number of carbonyl (C=O) groups excluding carboxylic acids is 1. The van der Waals surface area contributed by atoms with Crippen LogP contribution in [0.25, 0.3) is 0 Å². The van der Waals surface area contributed by atoms with Crippen molar-refractivity contribution in [1.82, 2.24) is 0 Å². The van der Waals surface area contributed by atoms with E-state index >= 15 is 0 Å². The van der Waals surface area contributed by atoms with Crippen molar-refractivity contribution in [3.8, 4) is 0 Å². The third-order valence-electron chi connectivity index (χ3n) is 1.78. The first-order valence-corrected chi connectivity index (χ1v) is 3.73. The van der Waals surface area contributed by atoms with Gasteiger partial charge in [-0.25, -0.2) is 0 Å². The number of ketones is 1.